The van der Waals surface area contributed by atoms with Gasteiger partial charge in [-0.2, -0.15) is 4.90 Å². The summed E-state index contributed by atoms with van der Waals surface area (Å²) < 4.78 is 51.0. The molecule has 7 heteroatoms. The van der Waals surface area contributed by atoms with Crippen LogP contribution in [-0.2, 0) is 16.8 Å². The van der Waals surface area contributed by atoms with Gasteiger partial charge in [0.15, 0.2) is 0 Å². The van der Waals surface area contributed by atoms with Gasteiger partial charge in [0.05, 0.1) is 12.8 Å². The van der Waals surface area contributed by atoms with Crippen molar-refractivity contribution in [2.24, 2.45) is 0 Å². The number of carbonyl (C=O) groups is 1. The Morgan fingerprint density at radius 3 is 2.19 bits per heavy atom. The Labute approximate surface area is 156 Å². The van der Waals surface area contributed by atoms with Gasteiger partial charge in [0.2, 0.25) is 0 Å². The largest absolute Gasteiger partial charge is 0.495 e. The molecule has 0 radical (unpaired) electrons. The maximum atomic E-state index is 13.7. The molecule has 4 nitrogen and oxygen atoms in total. The minimum Gasteiger partial charge on any atom is -0.495 e. The first kappa shape index (κ1) is 20.6. The SMILES string of the molecule is COc1ccc(C(C)(C)C)cc1N(C(=O)OCc1ccccc1)C(F)(F)F. The molecule has 0 aliphatic rings. The van der Waals surface area contributed by atoms with E-state index in [1.807, 2.05) is 20.8 Å². The van der Waals surface area contributed by atoms with E-state index in [1.165, 1.54) is 19.2 Å². The lowest BCUT2D eigenvalue weighted by molar-refractivity contribution is -0.125. The van der Waals surface area contributed by atoms with E-state index in [0.717, 1.165) is 0 Å². The van der Waals surface area contributed by atoms with Gasteiger partial charge in [0, 0.05) is 0 Å². The normalized spacial score (nSPS) is 11.8. The lowest BCUT2D eigenvalue weighted by Gasteiger charge is -2.28. The van der Waals surface area contributed by atoms with E-state index in [4.69, 9.17) is 9.47 Å². The number of nitrogens with zero attached hydrogens (tertiary/aromatic N) is 1. The molecule has 0 aliphatic carbocycles. The second-order valence-electron chi connectivity index (χ2n) is 6.98. The van der Waals surface area contributed by atoms with Crippen LogP contribution in [0.1, 0.15) is 31.9 Å². The number of halogens is 3. The molecule has 0 bridgehead atoms. The smallest absolute Gasteiger partial charge is 0.494 e. The Kier molecular flexibility index (Phi) is 6.03. The lowest BCUT2D eigenvalue weighted by Crippen LogP contribution is -2.43. The van der Waals surface area contributed by atoms with Gasteiger partial charge in [-0.15, -0.1) is 13.2 Å². The van der Waals surface area contributed by atoms with E-state index in [9.17, 15) is 18.0 Å². The number of hydrogen-bond acceptors (Lipinski definition) is 3. The van der Waals surface area contributed by atoms with Gasteiger partial charge in [0.1, 0.15) is 12.4 Å². The minimum atomic E-state index is -4.97. The van der Waals surface area contributed by atoms with Crippen LogP contribution in [-0.4, -0.2) is 19.5 Å². The molecular weight excluding hydrogens is 359 g/mol. The number of rotatable bonds is 4. The number of anilines is 1. The number of benzene rings is 2. The van der Waals surface area contributed by atoms with Gasteiger partial charge in [-0.3, -0.25) is 0 Å². The Balaban J connectivity index is 2.40. The predicted molar refractivity (Wildman–Crippen MR) is 96.9 cm³/mol. The number of alkyl halides is 3. The van der Waals surface area contributed by atoms with Crippen molar-refractivity contribution in [3.05, 3.63) is 59.7 Å². The van der Waals surface area contributed by atoms with E-state index >= 15 is 0 Å². The van der Waals surface area contributed by atoms with E-state index in [1.54, 1.807) is 36.4 Å². The van der Waals surface area contributed by atoms with Crippen LogP contribution >= 0.6 is 0 Å². The molecule has 2 aromatic rings. The molecule has 0 aliphatic heterocycles. The second-order valence-corrected chi connectivity index (χ2v) is 6.98. The third-order valence-electron chi connectivity index (χ3n) is 3.93. The van der Waals surface area contributed by atoms with Gasteiger partial charge >= 0.3 is 12.4 Å². The van der Waals surface area contributed by atoms with Gasteiger partial charge in [-0.25, -0.2) is 4.79 Å². The maximum Gasteiger partial charge on any atom is 0.494 e. The summed E-state index contributed by atoms with van der Waals surface area (Å²) in [7, 11) is 1.25. The molecule has 0 spiro atoms. The van der Waals surface area contributed by atoms with Crippen LogP contribution < -0.4 is 9.64 Å². The molecule has 146 valence electrons. The summed E-state index contributed by atoms with van der Waals surface area (Å²) in [5, 5.41) is 0. The summed E-state index contributed by atoms with van der Waals surface area (Å²) in [5.74, 6) is -0.0722. The molecule has 0 saturated heterocycles. The highest BCUT2D eigenvalue weighted by Gasteiger charge is 2.45. The molecule has 1 amide bonds. The first-order valence-electron chi connectivity index (χ1n) is 8.30. The summed E-state index contributed by atoms with van der Waals surface area (Å²) in [6.07, 6.45) is -6.49. The Morgan fingerprint density at radius 2 is 1.67 bits per heavy atom. The van der Waals surface area contributed by atoms with Crippen LogP contribution in [0.3, 0.4) is 0 Å². The van der Waals surface area contributed by atoms with Crippen molar-refractivity contribution in [2.75, 3.05) is 12.0 Å². The Bertz CT molecular complexity index is 783. The van der Waals surface area contributed by atoms with Crippen LogP contribution in [0.2, 0.25) is 0 Å². The number of ether oxygens (including phenoxy) is 2. The zero-order valence-corrected chi connectivity index (χ0v) is 15.6. The third kappa shape index (κ3) is 5.15. The van der Waals surface area contributed by atoms with Crippen LogP contribution in [0, 0.1) is 0 Å². The number of hydrogen-bond donors (Lipinski definition) is 0. The Hall–Kier alpha value is -2.70. The summed E-state index contributed by atoms with van der Waals surface area (Å²) in [4.78, 5) is 12.0. The zero-order chi connectivity index (χ0) is 20.2. The minimum absolute atomic E-state index is 0.0722. The van der Waals surface area contributed by atoms with Crippen molar-refractivity contribution in [1.29, 1.82) is 0 Å². The fraction of sp³-hybridized carbons (Fsp3) is 0.350. The summed E-state index contributed by atoms with van der Waals surface area (Å²) in [5.41, 5.74) is 0.397. The lowest BCUT2D eigenvalue weighted by atomic mass is 9.86. The average molecular weight is 381 g/mol. The molecule has 0 unspecified atom stereocenters. The molecule has 0 atom stereocenters. The first-order valence-corrected chi connectivity index (χ1v) is 8.30. The van der Waals surface area contributed by atoms with Crippen molar-refractivity contribution in [1.82, 2.24) is 0 Å². The van der Waals surface area contributed by atoms with Crippen molar-refractivity contribution >= 4 is 11.8 Å². The standard InChI is InChI=1S/C20H22F3NO3/c1-19(2,3)15-10-11-17(26-4)16(12-15)24(20(21,22)23)18(25)27-13-14-8-6-5-7-9-14/h5-12H,13H2,1-4H3. The topological polar surface area (TPSA) is 38.8 Å². The molecule has 0 fully saturated rings. The summed E-state index contributed by atoms with van der Waals surface area (Å²) in [6.45, 7) is 5.33. The highest BCUT2D eigenvalue weighted by atomic mass is 19.4. The molecular formula is C20H22F3NO3. The monoisotopic (exact) mass is 381 g/mol. The predicted octanol–water partition coefficient (Wildman–Crippen LogP) is 5.66. The summed E-state index contributed by atoms with van der Waals surface area (Å²) >= 11 is 0. The molecule has 0 N–H and O–H groups in total. The van der Waals surface area contributed by atoms with Gasteiger partial charge in [-0.1, -0.05) is 57.2 Å². The molecule has 27 heavy (non-hydrogen) atoms. The molecule has 0 saturated carbocycles. The number of methoxy groups -OCH3 is 1. The van der Waals surface area contributed by atoms with Crippen LogP contribution in [0.5, 0.6) is 5.75 Å². The van der Waals surface area contributed by atoms with Gasteiger partial charge < -0.3 is 9.47 Å². The van der Waals surface area contributed by atoms with E-state index < -0.39 is 23.5 Å². The molecule has 0 heterocycles. The number of amides is 1. The van der Waals surface area contributed by atoms with Crippen LogP contribution in [0.4, 0.5) is 23.7 Å². The van der Waals surface area contributed by atoms with Crippen molar-refractivity contribution in [2.45, 2.75) is 39.1 Å². The summed E-state index contributed by atoms with van der Waals surface area (Å²) in [6, 6.07) is 12.9. The molecule has 0 aromatic heterocycles. The van der Waals surface area contributed by atoms with Gasteiger partial charge in [0.25, 0.3) is 0 Å². The second kappa shape index (κ2) is 7.90. The fourth-order valence-electron chi connectivity index (χ4n) is 2.45. The average Bonchev–Trinajstić information content (AvgIpc) is 2.59. The van der Waals surface area contributed by atoms with Crippen molar-refractivity contribution in [3.63, 3.8) is 0 Å². The fourth-order valence-corrected chi connectivity index (χ4v) is 2.45. The molecule has 2 aromatic carbocycles. The maximum absolute atomic E-state index is 13.7. The highest BCUT2D eigenvalue weighted by molar-refractivity contribution is 5.90. The Morgan fingerprint density at radius 1 is 1.04 bits per heavy atom. The van der Waals surface area contributed by atoms with Crippen molar-refractivity contribution < 1.29 is 27.4 Å². The van der Waals surface area contributed by atoms with Gasteiger partial charge in [-0.05, 0) is 28.7 Å². The van der Waals surface area contributed by atoms with E-state index in [0.29, 0.717) is 11.1 Å². The van der Waals surface area contributed by atoms with E-state index in [-0.39, 0.29) is 17.3 Å². The third-order valence-corrected chi connectivity index (χ3v) is 3.93. The number of carbonyl (C=O) groups excluding carboxylic acids is 1. The zero-order valence-electron chi connectivity index (χ0n) is 15.6. The molecule has 2 rings (SSSR count). The first-order chi connectivity index (χ1) is 12.5. The van der Waals surface area contributed by atoms with Crippen molar-refractivity contribution in [3.8, 4) is 5.75 Å². The quantitative estimate of drug-likeness (QED) is 0.642. The van der Waals surface area contributed by atoms with E-state index in [2.05, 4.69) is 0 Å². The van der Waals surface area contributed by atoms with Crippen LogP contribution in [0.15, 0.2) is 48.5 Å². The van der Waals surface area contributed by atoms with Crippen LogP contribution in [0.25, 0.3) is 0 Å². The highest BCUT2D eigenvalue weighted by Crippen LogP contribution is 2.39.